The minimum Gasteiger partial charge on any atom is -0.356 e. The summed E-state index contributed by atoms with van der Waals surface area (Å²) in [4.78, 5) is 23.1. The van der Waals surface area contributed by atoms with Crippen molar-refractivity contribution in [2.45, 2.75) is 19.8 Å². The molecular formula is C14H20BrN3O2. The van der Waals surface area contributed by atoms with Gasteiger partial charge < -0.3 is 16.0 Å². The molecule has 2 amide bonds. The molecule has 0 unspecified atom stereocenters. The molecule has 0 fully saturated rings. The molecule has 0 aliphatic rings. The lowest BCUT2D eigenvalue weighted by atomic mass is 10.2. The third kappa shape index (κ3) is 6.16. The number of carbonyl (C=O) groups excluding carboxylic acids is 2. The number of carbonyl (C=O) groups is 2. The first-order valence-corrected chi connectivity index (χ1v) is 7.29. The van der Waals surface area contributed by atoms with Gasteiger partial charge in [-0.05, 0) is 37.7 Å². The van der Waals surface area contributed by atoms with Crippen molar-refractivity contribution in [2.24, 2.45) is 0 Å². The highest BCUT2D eigenvalue weighted by Crippen LogP contribution is 2.19. The Bertz CT molecular complexity index is 477. The van der Waals surface area contributed by atoms with E-state index >= 15 is 0 Å². The van der Waals surface area contributed by atoms with E-state index in [1.54, 1.807) is 7.05 Å². The van der Waals surface area contributed by atoms with Crippen LogP contribution in [0.1, 0.15) is 18.4 Å². The first kappa shape index (κ1) is 16.7. The first-order valence-electron chi connectivity index (χ1n) is 6.50. The largest absolute Gasteiger partial charge is 0.356 e. The predicted octanol–water partition coefficient (Wildman–Crippen LogP) is 1.81. The van der Waals surface area contributed by atoms with Crippen LogP contribution < -0.4 is 16.0 Å². The zero-order valence-corrected chi connectivity index (χ0v) is 13.3. The van der Waals surface area contributed by atoms with Crippen LogP contribution in [-0.2, 0) is 9.59 Å². The van der Waals surface area contributed by atoms with Crippen molar-refractivity contribution < 1.29 is 9.59 Å². The monoisotopic (exact) mass is 341 g/mol. The number of rotatable bonds is 7. The average Bonchev–Trinajstić information content (AvgIpc) is 2.39. The summed E-state index contributed by atoms with van der Waals surface area (Å²) < 4.78 is 0.977. The molecule has 6 heteroatoms. The average molecular weight is 342 g/mol. The fraction of sp³-hybridized carbons (Fsp3) is 0.429. The highest BCUT2D eigenvalue weighted by molar-refractivity contribution is 9.10. The standard InChI is InChI=1S/C14H20BrN3O2/c1-10-9-11(15)3-4-12(10)18-14(20)6-8-17-13(19)5-7-16-2/h3-4,9,16H,5-8H2,1-2H3,(H,17,19)(H,18,20). The number of aryl methyl sites for hydroxylation is 1. The molecule has 0 saturated heterocycles. The van der Waals surface area contributed by atoms with Crippen LogP contribution in [-0.4, -0.2) is 32.0 Å². The van der Waals surface area contributed by atoms with Gasteiger partial charge >= 0.3 is 0 Å². The Morgan fingerprint density at radius 2 is 1.85 bits per heavy atom. The van der Waals surface area contributed by atoms with E-state index in [-0.39, 0.29) is 18.2 Å². The Kier molecular flexibility index (Phi) is 7.25. The smallest absolute Gasteiger partial charge is 0.226 e. The van der Waals surface area contributed by atoms with Gasteiger partial charge in [0.1, 0.15) is 0 Å². The van der Waals surface area contributed by atoms with Gasteiger partial charge in [0.2, 0.25) is 11.8 Å². The normalized spacial score (nSPS) is 10.2. The molecule has 0 spiro atoms. The zero-order valence-electron chi connectivity index (χ0n) is 11.8. The fourth-order valence-corrected chi connectivity index (χ4v) is 2.10. The third-order valence-corrected chi connectivity index (χ3v) is 3.23. The summed E-state index contributed by atoms with van der Waals surface area (Å²) in [6.45, 7) is 2.92. The molecular weight excluding hydrogens is 322 g/mol. The second kappa shape index (κ2) is 8.71. The van der Waals surface area contributed by atoms with E-state index in [4.69, 9.17) is 0 Å². The maximum Gasteiger partial charge on any atom is 0.226 e. The van der Waals surface area contributed by atoms with E-state index in [1.807, 2.05) is 25.1 Å². The summed E-state index contributed by atoms with van der Waals surface area (Å²) in [5, 5.41) is 8.44. The second-order valence-electron chi connectivity index (χ2n) is 4.46. The van der Waals surface area contributed by atoms with Gasteiger partial charge in [0.25, 0.3) is 0 Å². The van der Waals surface area contributed by atoms with E-state index in [9.17, 15) is 9.59 Å². The van der Waals surface area contributed by atoms with Crippen LogP contribution in [0.4, 0.5) is 5.69 Å². The number of anilines is 1. The third-order valence-electron chi connectivity index (χ3n) is 2.74. The van der Waals surface area contributed by atoms with Crippen LogP contribution in [0.5, 0.6) is 0 Å². The van der Waals surface area contributed by atoms with Crippen molar-refractivity contribution in [2.75, 3.05) is 25.5 Å². The van der Waals surface area contributed by atoms with Crippen molar-refractivity contribution in [3.8, 4) is 0 Å². The quantitative estimate of drug-likeness (QED) is 0.708. The SMILES string of the molecule is CNCCC(=O)NCCC(=O)Nc1ccc(Br)cc1C. The minimum atomic E-state index is -0.107. The molecule has 0 atom stereocenters. The topological polar surface area (TPSA) is 70.2 Å². The fourth-order valence-electron chi connectivity index (χ4n) is 1.62. The van der Waals surface area contributed by atoms with Crippen LogP contribution in [0.15, 0.2) is 22.7 Å². The molecule has 1 rings (SSSR count). The lowest BCUT2D eigenvalue weighted by molar-refractivity contribution is -0.121. The molecule has 1 aromatic rings. The second-order valence-corrected chi connectivity index (χ2v) is 5.38. The predicted molar refractivity (Wildman–Crippen MR) is 83.7 cm³/mol. The Morgan fingerprint density at radius 1 is 1.15 bits per heavy atom. The van der Waals surface area contributed by atoms with E-state index in [2.05, 4.69) is 31.9 Å². The van der Waals surface area contributed by atoms with Crippen molar-refractivity contribution >= 4 is 33.4 Å². The van der Waals surface area contributed by atoms with Crippen LogP contribution >= 0.6 is 15.9 Å². The number of nitrogens with one attached hydrogen (secondary N) is 3. The summed E-state index contributed by atoms with van der Waals surface area (Å²) in [7, 11) is 1.79. The Balaban J connectivity index is 2.31. The summed E-state index contributed by atoms with van der Waals surface area (Å²) in [6, 6.07) is 5.67. The number of hydrogen-bond donors (Lipinski definition) is 3. The number of halogens is 1. The van der Waals surface area contributed by atoms with Gasteiger partial charge in [0.15, 0.2) is 0 Å². The van der Waals surface area contributed by atoms with Crippen molar-refractivity contribution in [1.82, 2.24) is 10.6 Å². The highest BCUT2D eigenvalue weighted by Gasteiger charge is 2.06. The van der Waals surface area contributed by atoms with Crippen LogP contribution in [0.25, 0.3) is 0 Å². The van der Waals surface area contributed by atoms with Crippen LogP contribution in [0, 0.1) is 6.92 Å². The molecule has 1 aromatic carbocycles. The maximum atomic E-state index is 11.8. The van der Waals surface area contributed by atoms with Crippen molar-refractivity contribution in [3.05, 3.63) is 28.2 Å². The number of benzene rings is 1. The molecule has 0 saturated carbocycles. The molecule has 0 aromatic heterocycles. The Morgan fingerprint density at radius 3 is 2.50 bits per heavy atom. The van der Waals surface area contributed by atoms with E-state index in [1.165, 1.54) is 0 Å². The van der Waals surface area contributed by atoms with Gasteiger partial charge in [-0.2, -0.15) is 0 Å². The summed E-state index contributed by atoms with van der Waals surface area (Å²) >= 11 is 3.38. The molecule has 0 radical (unpaired) electrons. The van der Waals surface area contributed by atoms with Crippen LogP contribution in [0.2, 0.25) is 0 Å². The Labute approximate surface area is 127 Å². The Hall–Kier alpha value is -1.40. The molecule has 3 N–H and O–H groups in total. The van der Waals surface area contributed by atoms with Crippen LogP contribution in [0.3, 0.4) is 0 Å². The van der Waals surface area contributed by atoms with Gasteiger partial charge in [0, 0.05) is 36.1 Å². The van der Waals surface area contributed by atoms with Crippen molar-refractivity contribution in [3.63, 3.8) is 0 Å². The zero-order chi connectivity index (χ0) is 15.0. The van der Waals surface area contributed by atoms with Crippen molar-refractivity contribution in [1.29, 1.82) is 0 Å². The molecule has 20 heavy (non-hydrogen) atoms. The molecule has 0 heterocycles. The van der Waals surface area contributed by atoms with E-state index < -0.39 is 0 Å². The lowest BCUT2D eigenvalue weighted by Gasteiger charge is -2.09. The lowest BCUT2D eigenvalue weighted by Crippen LogP contribution is -2.29. The molecule has 0 bridgehead atoms. The minimum absolute atomic E-state index is 0.0491. The number of amides is 2. The van der Waals surface area contributed by atoms with Gasteiger partial charge in [-0.25, -0.2) is 0 Å². The summed E-state index contributed by atoms with van der Waals surface area (Å²) in [5.41, 5.74) is 1.78. The molecule has 0 aliphatic carbocycles. The summed E-state index contributed by atoms with van der Waals surface area (Å²) in [6.07, 6.45) is 0.685. The number of hydrogen-bond acceptors (Lipinski definition) is 3. The van der Waals surface area contributed by atoms with Gasteiger partial charge in [0.05, 0.1) is 0 Å². The van der Waals surface area contributed by atoms with Gasteiger partial charge in [-0.15, -0.1) is 0 Å². The molecule has 5 nitrogen and oxygen atoms in total. The van der Waals surface area contributed by atoms with E-state index in [0.717, 1.165) is 15.7 Å². The van der Waals surface area contributed by atoms with Gasteiger partial charge in [-0.3, -0.25) is 9.59 Å². The molecule has 0 aliphatic heterocycles. The highest BCUT2D eigenvalue weighted by atomic mass is 79.9. The van der Waals surface area contributed by atoms with E-state index in [0.29, 0.717) is 19.5 Å². The maximum absolute atomic E-state index is 11.8. The first-order chi connectivity index (χ1) is 9.52. The molecule has 110 valence electrons. The van der Waals surface area contributed by atoms with Gasteiger partial charge in [-0.1, -0.05) is 15.9 Å². The summed E-state index contributed by atoms with van der Waals surface area (Å²) in [5.74, 6) is -0.156.